The number of hydrogen-bond donors (Lipinski definition) is 1. The molecule has 0 radical (unpaired) electrons. The first-order chi connectivity index (χ1) is 7.33. The number of halogens is 6. The third-order valence-electron chi connectivity index (χ3n) is 2.70. The minimum absolute atomic E-state index is 0.147. The predicted octanol–water partition coefficient (Wildman–Crippen LogP) is 4.24. The van der Waals surface area contributed by atoms with E-state index in [1.165, 1.54) is 0 Å². The van der Waals surface area contributed by atoms with Gasteiger partial charge in [0.1, 0.15) is 4.90 Å². The Kier molecular flexibility index (Phi) is 1.91. The summed E-state index contributed by atoms with van der Waals surface area (Å²) in [5.41, 5.74) is 2.66. The average molecular weight is 277 g/mol. The molecule has 0 unspecified atom stereocenters. The van der Waals surface area contributed by atoms with Crippen molar-refractivity contribution in [3.05, 3.63) is 29.8 Å². The van der Waals surface area contributed by atoms with E-state index in [4.69, 9.17) is 5.73 Å². The second-order valence-corrected chi connectivity index (χ2v) is 6.58. The highest BCUT2D eigenvalue weighted by Gasteiger charge is 2.66. The van der Waals surface area contributed by atoms with Crippen LogP contribution in [0.4, 0.5) is 23.8 Å². The van der Waals surface area contributed by atoms with Crippen LogP contribution in [0, 0.1) is 0 Å². The molecule has 1 aliphatic rings. The van der Waals surface area contributed by atoms with Crippen LogP contribution in [0.15, 0.2) is 29.2 Å². The fourth-order valence-corrected chi connectivity index (χ4v) is 2.27. The Morgan fingerprint density at radius 3 is 2.12 bits per heavy atom. The summed E-state index contributed by atoms with van der Waals surface area (Å²) >= 11 is 0. The summed E-state index contributed by atoms with van der Waals surface area (Å²) in [5.74, 6) is 0. The highest BCUT2D eigenvalue weighted by atomic mass is 32.5. The lowest BCUT2D eigenvalue weighted by atomic mass is 10.1. The van der Waals surface area contributed by atoms with Gasteiger partial charge < -0.3 is 5.73 Å². The fraction of sp³-hybridized carbons (Fsp3) is 0.333. The Morgan fingerprint density at radius 1 is 1.18 bits per heavy atom. The van der Waals surface area contributed by atoms with Crippen molar-refractivity contribution in [2.45, 2.75) is 23.0 Å². The van der Waals surface area contributed by atoms with Gasteiger partial charge >= 0.3 is 10.2 Å². The van der Waals surface area contributed by atoms with Gasteiger partial charge in [-0.2, -0.15) is 0 Å². The largest absolute Gasteiger partial charge is 0.325 e. The number of alkyl halides is 1. The van der Waals surface area contributed by atoms with Gasteiger partial charge in [0.2, 0.25) is 0 Å². The topological polar surface area (TPSA) is 26.0 Å². The normalized spacial score (nSPS) is 32.8. The molecule has 0 aromatic heterocycles. The van der Waals surface area contributed by atoms with Gasteiger partial charge in [-0.1, -0.05) is 31.6 Å². The zero-order valence-electron chi connectivity index (χ0n) is 8.35. The molecule has 0 heterocycles. The lowest BCUT2D eigenvalue weighted by Gasteiger charge is -2.40. The monoisotopic (exact) mass is 277 g/mol. The first kappa shape index (κ1) is 12.6. The van der Waals surface area contributed by atoms with E-state index in [9.17, 15) is 23.8 Å². The molecule has 1 aromatic rings. The molecule has 1 aromatic carbocycles. The molecule has 0 saturated heterocycles. The summed E-state index contributed by atoms with van der Waals surface area (Å²) in [6.07, 6.45) is -0.156. The maximum atomic E-state index is 13.7. The highest BCUT2D eigenvalue weighted by Crippen LogP contribution is 3.02. The Hall–Kier alpha value is -0.890. The quantitative estimate of drug-likeness (QED) is 0.804. The summed E-state index contributed by atoms with van der Waals surface area (Å²) in [6.45, 7) is 0. The van der Waals surface area contributed by atoms with Gasteiger partial charge in [-0.05, 0) is 17.7 Å². The van der Waals surface area contributed by atoms with Crippen LogP contribution in [-0.2, 0) is 5.67 Å². The molecule has 0 bridgehead atoms. The van der Waals surface area contributed by atoms with Crippen LogP contribution in [0.1, 0.15) is 12.0 Å². The minimum atomic E-state index is -9.75. The van der Waals surface area contributed by atoms with Gasteiger partial charge in [-0.25, -0.2) is 4.39 Å². The molecule has 1 fully saturated rings. The molecule has 0 spiro atoms. The third kappa shape index (κ3) is 2.23. The fourth-order valence-electron chi connectivity index (χ4n) is 1.59. The lowest BCUT2D eigenvalue weighted by molar-refractivity contribution is 0.305. The van der Waals surface area contributed by atoms with Gasteiger partial charge in [0, 0.05) is 12.5 Å². The lowest BCUT2D eigenvalue weighted by Crippen LogP contribution is -2.14. The second-order valence-electron chi connectivity index (χ2n) is 4.17. The predicted molar refractivity (Wildman–Crippen MR) is 53.2 cm³/mol. The van der Waals surface area contributed by atoms with Crippen LogP contribution >= 0.6 is 10.2 Å². The highest BCUT2D eigenvalue weighted by molar-refractivity contribution is 8.45. The van der Waals surface area contributed by atoms with E-state index in [0.717, 1.165) is 12.1 Å². The molecule has 98 valence electrons. The molecule has 17 heavy (non-hydrogen) atoms. The molecule has 1 aliphatic carbocycles. The van der Waals surface area contributed by atoms with Crippen molar-refractivity contribution in [1.29, 1.82) is 0 Å². The van der Waals surface area contributed by atoms with Gasteiger partial charge in [-0.3, -0.25) is 0 Å². The summed E-state index contributed by atoms with van der Waals surface area (Å²) in [4.78, 5) is -2.08. The van der Waals surface area contributed by atoms with E-state index < -0.39 is 32.4 Å². The van der Waals surface area contributed by atoms with E-state index in [-0.39, 0.29) is 18.6 Å². The van der Waals surface area contributed by atoms with Crippen LogP contribution in [0.3, 0.4) is 0 Å². The zero-order chi connectivity index (χ0) is 13.2. The van der Waals surface area contributed by atoms with Gasteiger partial charge in [0.25, 0.3) is 0 Å². The molecule has 1 nitrogen and oxygen atoms in total. The van der Waals surface area contributed by atoms with Crippen molar-refractivity contribution in [3.63, 3.8) is 0 Å². The van der Waals surface area contributed by atoms with Crippen LogP contribution in [0.2, 0.25) is 0 Å². The molecular formula is C9H9F6NS. The Labute approximate surface area is 93.3 Å². The van der Waals surface area contributed by atoms with Crippen molar-refractivity contribution in [2.24, 2.45) is 5.73 Å². The van der Waals surface area contributed by atoms with Crippen molar-refractivity contribution in [2.75, 3.05) is 0 Å². The molecule has 8 heteroatoms. The summed E-state index contributed by atoms with van der Waals surface area (Å²) in [7, 11) is -9.75. The minimum Gasteiger partial charge on any atom is -0.325 e. The van der Waals surface area contributed by atoms with Crippen molar-refractivity contribution in [3.8, 4) is 0 Å². The van der Waals surface area contributed by atoms with Gasteiger partial charge in [0.05, 0.1) is 0 Å². The molecule has 2 atom stereocenters. The van der Waals surface area contributed by atoms with Crippen molar-refractivity contribution < 1.29 is 23.8 Å². The van der Waals surface area contributed by atoms with E-state index in [2.05, 4.69) is 0 Å². The number of rotatable bonds is 2. The molecule has 0 amide bonds. The molecule has 2 N–H and O–H groups in total. The standard InChI is InChI=1S/C9H9F6NS/c10-9(5-8(9)16)6-2-1-3-7(4-6)17(11,12,13,14)15/h1-4,8H,5,16H2/t8-,9+/m1/s1. The van der Waals surface area contributed by atoms with E-state index >= 15 is 0 Å². The van der Waals surface area contributed by atoms with Crippen LogP contribution in [0.25, 0.3) is 0 Å². The van der Waals surface area contributed by atoms with Gasteiger partial charge in [-0.15, -0.1) is 0 Å². The number of nitrogens with two attached hydrogens (primary N) is 1. The molecule has 1 saturated carbocycles. The van der Waals surface area contributed by atoms with Crippen molar-refractivity contribution >= 4 is 10.2 Å². The third-order valence-corrected chi connectivity index (χ3v) is 3.85. The van der Waals surface area contributed by atoms with Crippen molar-refractivity contribution in [1.82, 2.24) is 0 Å². The maximum Gasteiger partial charge on any atom is 0.310 e. The van der Waals surface area contributed by atoms with E-state index in [0.29, 0.717) is 0 Å². The number of benzene rings is 1. The first-order valence-corrected chi connectivity index (χ1v) is 6.57. The average Bonchev–Trinajstić information content (AvgIpc) is 2.73. The smallest absolute Gasteiger partial charge is 0.310 e. The zero-order valence-corrected chi connectivity index (χ0v) is 9.16. The Balaban J connectivity index is 2.52. The van der Waals surface area contributed by atoms with E-state index in [1.54, 1.807) is 0 Å². The van der Waals surface area contributed by atoms with E-state index in [1.807, 2.05) is 0 Å². The maximum absolute atomic E-state index is 13.7. The molecule has 0 aliphatic heterocycles. The summed E-state index contributed by atoms with van der Waals surface area (Å²) in [6, 6.07) is 1.24. The molecule has 2 rings (SSSR count). The first-order valence-electron chi connectivity index (χ1n) is 4.62. The Morgan fingerprint density at radius 2 is 1.71 bits per heavy atom. The van der Waals surface area contributed by atoms with Crippen LogP contribution in [0.5, 0.6) is 0 Å². The van der Waals surface area contributed by atoms with Crippen LogP contribution in [-0.4, -0.2) is 6.04 Å². The van der Waals surface area contributed by atoms with Crippen LogP contribution < -0.4 is 5.73 Å². The molecular weight excluding hydrogens is 268 g/mol. The number of hydrogen-bond acceptors (Lipinski definition) is 1. The summed E-state index contributed by atoms with van der Waals surface area (Å²) < 4.78 is 76.1. The Bertz CT molecular complexity index is 483. The SMILES string of the molecule is N[C@@H]1C[C@]1(F)c1cccc(S(F)(F)(F)(F)F)c1. The summed E-state index contributed by atoms with van der Waals surface area (Å²) in [5, 5.41) is 0. The second kappa shape index (κ2) is 2.59. The van der Waals surface area contributed by atoms with Gasteiger partial charge in [0.15, 0.2) is 5.67 Å².